The van der Waals surface area contributed by atoms with Crippen LogP contribution in [0.15, 0.2) is 23.3 Å². The van der Waals surface area contributed by atoms with Gasteiger partial charge in [-0.25, -0.2) is 0 Å². The van der Waals surface area contributed by atoms with Gasteiger partial charge in [0.2, 0.25) is 0 Å². The molecule has 0 aliphatic heterocycles. The van der Waals surface area contributed by atoms with Crippen molar-refractivity contribution >= 4 is 11.9 Å². The van der Waals surface area contributed by atoms with E-state index in [9.17, 15) is 9.59 Å². The first kappa shape index (κ1) is 16.6. The summed E-state index contributed by atoms with van der Waals surface area (Å²) in [5.41, 5.74) is 2.58. The van der Waals surface area contributed by atoms with Crippen LogP contribution < -0.4 is 0 Å². The SMILES string of the molecule is CC(=O)OC(=O)C(C)C/C=C(\C)CCC=C(C)C. The first-order valence-corrected chi connectivity index (χ1v) is 6.34. The molecule has 0 radical (unpaired) electrons. The standard InChI is InChI=1S/C15H24O3/c1-11(2)7-6-8-12(3)9-10-13(4)15(17)18-14(5)16/h7,9,13H,6,8,10H2,1-5H3/b12-9+. The van der Waals surface area contributed by atoms with Gasteiger partial charge in [-0.3, -0.25) is 9.59 Å². The van der Waals surface area contributed by atoms with E-state index in [1.807, 2.05) is 6.08 Å². The fourth-order valence-electron chi connectivity index (χ4n) is 1.41. The molecule has 0 bridgehead atoms. The Morgan fingerprint density at radius 2 is 1.72 bits per heavy atom. The van der Waals surface area contributed by atoms with E-state index in [0.29, 0.717) is 6.42 Å². The zero-order valence-corrected chi connectivity index (χ0v) is 12.1. The number of esters is 2. The van der Waals surface area contributed by atoms with Crippen molar-refractivity contribution in [2.24, 2.45) is 5.92 Å². The maximum Gasteiger partial charge on any atom is 0.316 e. The van der Waals surface area contributed by atoms with E-state index >= 15 is 0 Å². The van der Waals surface area contributed by atoms with Crippen LogP contribution in [0.5, 0.6) is 0 Å². The Labute approximate surface area is 110 Å². The lowest BCUT2D eigenvalue weighted by molar-refractivity contribution is -0.160. The van der Waals surface area contributed by atoms with Crippen LogP contribution in [0.4, 0.5) is 0 Å². The highest BCUT2D eigenvalue weighted by molar-refractivity contribution is 5.85. The average molecular weight is 252 g/mol. The minimum atomic E-state index is -0.545. The molecule has 1 unspecified atom stereocenters. The topological polar surface area (TPSA) is 43.4 Å². The van der Waals surface area contributed by atoms with Crippen LogP contribution in [0.3, 0.4) is 0 Å². The number of rotatable bonds is 6. The van der Waals surface area contributed by atoms with E-state index in [2.05, 4.69) is 31.6 Å². The van der Waals surface area contributed by atoms with Gasteiger partial charge < -0.3 is 4.74 Å². The molecular formula is C15H24O3. The van der Waals surface area contributed by atoms with Gasteiger partial charge in [0, 0.05) is 6.92 Å². The number of carbonyl (C=O) groups is 2. The van der Waals surface area contributed by atoms with Crippen LogP contribution >= 0.6 is 0 Å². The summed E-state index contributed by atoms with van der Waals surface area (Å²) in [6, 6.07) is 0. The van der Waals surface area contributed by atoms with Crippen LogP contribution in [0.25, 0.3) is 0 Å². The molecule has 0 aromatic rings. The second-order valence-corrected chi connectivity index (χ2v) is 4.92. The van der Waals surface area contributed by atoms with Crippen LogP contribution in [-0.2, 0) is 14.3 Å². The normalized spacial score (nSPS) is 12.8. The van der Waals surface area contributed by atoms with Gasteiger partial charge in [-0.05, 0) is 40.0 Å². The van der Waals surface area contributed by atoms with Crippen LogP contribution in [0, 0.1) is 5.92 Å². The van der Waals surface area contributed by atoms with E-state index in [1.165, 1.54) is 18.1 Å². The monoisotopic (exact) mass is 252 g/mol. The lowest BCUT2D eigenvalue weighted by Gasteiger charge is -2.07. The summed E-state index contributed by atoms with van der Waals surface area (Å²) >= 11 is 0. The predicted molar refractivity (Wildman–Crippen MR) is 73.0 cm³/mol. The quantitative estimate of drug-likeness (QED) is 0.410. The van der Waals surface area contributed by atoms with Crippen molar-refractivity contribution in [1.82, 2.24) is 0 Å². The summed E-state index contributed by atoms with van der Waals surface area (Å²) in [4.78, 5) is 22.0. The van der Waals surface area contributed by atoms with E-state index < -0.39 is 11.9 Å². The molecule has 0 fully saturated rings. The molecule has 0 saturated carbocycles. The number of allylic oxidation sites excluding steroid dienone is 4. The lowest BCUT2D eigenvalue weighted by atomic mass is 10.0. The molecule has 3 heteroatoms. The highest BCUT2D eigenvalue weighted by Crippen LogP contribution is 2.12. The van der Waals surface area contributed by atoms with E-state index in [0.717, 1.165) is 12.8 Å². The molecule has 0 spiro atoms. The Bertz CT molecular complexity index is 347. The number of carbonyl (C=O) groups excluding carboxylic acids is 2. The molecule has 1 atom stereocenters. The Balaban J connectivity index is 4.08. The third kappa shape index (κ3) is 8.74. The van der Waals surface area contributed by atoms with Gasteiger partial charge in [0.15, 0.2) is 0 Å². The first-order chi connectivity index (χ1) is 8.32. The largest absolute Gasteiger partial charge is 0.393 e. The zero-order chi connectivity index (χ0) is 14.1. The fourth-order valence-corrected chi connectivity index (χ4v) is 1.41. The molecule has 0 saturated heterocycles. The van der Waals surface area contributed by atoms with Crippen molar-refractivity contribution in [1.29, 1.82) is 0 Å². The van der Waals surface area contributed by atoms with Gasteiger partial charge in [0.25, 0.3) is 0 Å². The summed E-state index contributed by atoms with van der Waals surface area (Å²) in [6.45, 7) is 9.23. The van der Waals surface area contributed by atoms with E-state index in [-0.39, 0.29) is 5.92 Å². The van der Waals surface area contributed by atoms with Gasteiger partial charge in [-0.2, -0.15) is 0 Å². The maximum atomic E-state index is 11.4. The summed E-state index contributed by atoms with van der Waals surface area (Å²) in [6.07, 6.45) is 6.89. The van der Waals surface area contributed by atoms with Crippen LogP contribution in [-0.4, -0.2) is 11.9 Å². The zero-order valence-electron chi connectivity index (χ0n) is 12.1. The molecular weight excluding hydrogens is 228 g/mol. The Kier molecular flexibility index (Phi) is 8.01. The minimum Gasteiger partial charge on any atom is -0.393 e. The van der Waals surface area contributed by atoms with Crippen LogP contribution in [0.1, 0.15) is 53.9 Å². The third-order valence-electron chi connectivity index (χ3n) is 2.56. The second kappa shape index (κ2) is 8.67. The molecule has 0 aliphatic carbocycles. The Morgan fingerprint density at radius 3 is 2.22 bits per heavy atom. The van der Waals surface area contributed by atoms with Crippen LogP contribution in [0.2, 0.25) is 0 Å². The minimum absolute atomic E-state index is 0.271. The van der Waals surface area contributed by atoms with Crippen molar-refractivity contribution < 1.29 is 14.3 Å². The maximum absolute atomic E-state index is 11.4. The Morgan fingerprint density at radius 1 is 1.11 bits per heavy atom. The summed E-state index contributed by atoms with van der Waals surface area (Å²) in [5.74, 6) is -1.26. The van der Waals surface area contributed by atoms with Crippen molar-refractivity contribution in [2.75, 3.05) is 0 Å². The second-order valence-electron chi connectivity index (χ2n) is 4.92. The number of hydrogen-bond donors (Lipinski definition) is 0. The number of hydrogen-bond acceptors (Lipinski definition) is 3. The highest BCUT2D eigenvalue weighted by Gasteiger charge is 2.14. The van der Waals surface area contributed by atoms with E-state index in [1.54, 1.807) is 6.92 Å². The molecule has 3 nitrogen and oxygen atoms in total. The van der Waals surface area contributed by atoms with Gasteiger partial charge >= 0.3 is 11.9 Å². The summed E-state index contributed by atoms with van der Waals surface area (Å²) < 4.78 is 4.54. The summed E-state index contributed by atoms with van der Waals surface area (Å²) in [5, 5.41) is 0. The fraction of sp³-hybridized carbons (Fsp3) is 0.600. The molecule has 0 aliphatic rings. The Hall–Kier alpha value is -1.38. The molecule has 0 amide bonds. The van der Waals surface area contributed by atoms with Crippen molar-refractivity contribution in [3.63, 3.8) is 0 Å². The first-order valence-electron chi connectivity index (χ1n) is 6.34. The smallest absolute Gasteiger partial charge is 0.316 e. The highest BCUT2D eigenvalue weighted by atomic mass is 16.6. The molecule has 0 heterocycles. The predicted octanol–water partition coefficient (Wildman–Crippen LogP) is 3.80. The van der Waals surface area contributed by atoms with E-state index in [4.69, 9.17) is 0 Å². The van der Waals surface area contributed by atoms with Crippen molar-refractivity contribution in [2.45, 2.75) is 53.9 Å². The van der Waals surface area contributed by atoms with Crippen molar-refractivity contribution in [3.8, 4) is 0 Å². The number of ether oxygens (including phenoxy) is 1. The van der Waals surface area contributed by atoms with Gasteiger partial charge in [-0.1, -0.05) is 30.2 Å². The van der Waals surface area contributed by atoms with Crippen molar-refractivity contribution in [3.05, 3.63) is 23.3 Å². The van der Waals surface area contributed by atoms with Gasteiger partial charge in [0.1, 0.15) is 0 Å². The lowest BCUT2D eigenvalue weighted by Crippen LogP contribution is -2.16. The van der Waals surface area contributed by atoms with Gasteiger partial charge in [0.05, 0.1) is 5.92 Å². The average Bonchev–Trinajstić information content (AvgIpc) is 2.24. The molecule has 0 aromatic carbocycles. The molecule has 0 N–H and O–H groups in total. The third-order valence-corrected chi connectivity index (χ3v) is 2.56. The summed E-state index contributed by atoms with van der Waals surface area (Å²) in [7, 11) is 0. The van der Waals surface area contributed by atoms with Gasteiger partial charge in [-0.15, -0.1) is 0 Å². The molecule has 0 rings (SSSR count). The molecule has 102 valence electrons. The molecule has 18 heavy (non-hydrogen) atoms. The molecule has 0 aromatic heterocycles.